The van der Waals surface area contributed by atoms with Crippen molar-refractivity contribution in [3.05, 3.63) is 53.6 Å². The molecule has 0 unspecified atom stereocenters. The highest BCUT2D eigenvalue weighted by atomic mass is 16.3. The van der Waals surface area contributed by atoms with Gasteiger partial charge in [-0.1, -0.05) is 30.3 Å². The van der Waals surface area contributed by atoms with Crippen LogP contribution in [0.3, 0.4) is 0 Å². The van der Waals surface area contributed by atoms with E-state index in [1.54, 1.807) is 30.3 Å². The van der Waals surface area contributed by atoms with Crippen LogP contribution in [-0.2, 0) is 0 Å². The number of carbonyl (C=O) groups is 2. The van der Waals surface area contributed by atoms with Crippen LogP contribution in [0, 0.1) is 0 Å². The number of para-hydroxylation sites is 1. The van der Waals surface area contributed by atoms with Crippen LogP contribution in [-0.4, -0.2) is 16.9 Å². The van der Waals surface area contributed by atoms with Crippen LogP contribution in [0.25, 0.3) is 11.1 Å². The molecule has 2 rings (SSSR count). The van der Waals surface area contributed by atoms with Gasteiger partial charge in [-0.05, 0) is 17.7 Å². The Labute approximate surface area is 109 Å². The molecule has 5 heteroatoms. The largest absolute Gasteiger partial charge is 0.507 e. The van der Waals surface area contributed by atoms with E-state index in [0.717, 1.165) is 0 Å². The van der Waals surface area contributed by atoms with Crippen molar-refractivity contribution in [2.75, 3.05) is 0 Å². The average Bonchev–Trinajstić information content (AvgIpc) is 2.38. The molecule has 0 bridgehead atoms. The first-order valence-electron chi connectivity index (χ1n) is 5.53. The Morgan fingerprint density at radius 2 is 1.47 bits per heavy atom. The Hall–Kier alpha value is -2.82. The molecule has 0 fully saturated rings. The topological polar surface area (TPSA) is 106 Å². The van der Waals surface area contributed by atoms with Crippen LogP contribution < -0.4 is 11.5 Å². The van der Waals surface area contributed by atoms with Crippen molar-refractivity contribution in [2.24, 2.45) is 11.5 Å². The molecule has 0 atom stereocenters. The zero-order chi connectivity index (χ0) is 14.0. The molecule has 0 saturated carbocycles. The van der Waals surface area contributed by atoms with Gasteiger partial charge in [-0.3, -0.25) is 9.59 Å². The van der Waals surface area contributed by atoms with Gasteiger partial charge in [0.15, 0.2) is 0 Å². The first-order chi connectivity index (χ1) is 9.02. The Morgan fingerprint density at radius 1 is 0.842 bits per heavy atom. The third-order valence-corrected chi connectivity index (χ3v) is 2.77. The predicted octanol–water partition coefficient (Wildman–Crippen LogP) is 1.26. The minimum atomic E-state index is -0.771. The normalized spacial score (nSPS) is 10.1. The number of benzene rings is 2. The molecule has 2 aromatic carbocycles. The standard InChI is InChI=1S/C14H12N2O3/c15-13(18)10-6-3-5-9(12(10)14(16)19)8-4-1-2-7-11(8)17/h1-7,17H,(H2,15,18)(H2,16,19). The van der Waals surface area contributed by atoms with Gasteiger partial charge >= 0.3 is 0 Å². The number of phenols is 1. The second kappa shape index (κ2) is 4.81. The van der Waals surface area contributed by atoms with Gasteiger partial charge in [-0.2, -0.15) is 0 Å². The predicted molar refractivity (Wildman–Crippen MR) is 70.6 cm³/mol. The number of nitrogens with two attached hydrogens (primary N) is 2. The summed E-state index contributed by atoms with van der Waals surface area (Å²) in [4.78, 5) is 22.9. The van der Waals surface area contributed by atoms with Gasteiger partial charge < -0.3 is 16.6 Å². The molecule has 0 aliphatic rings. The molecule has 0 heterocycles. The van der Waals surface area contributed by atoms with Crippen LogP contribution >= 0.6 is 0 Å². The van der Waals surface area contributed by atoms with Gasteiger partial charge in [0.05, 0.1) is 11.1 Å². The van der Waals surface area contributed by atoms with E-state index in [9.17, 15) is 14.7 Å². The minimum Gasteiger partial charge on any atom is -0.507 e. The summed E-state index contributed by atoms with van der Waals surface area (Å²) in [5, 5.41) is 9.83. The molecule has 0 radical (unpaired) electrons. The zero-order valence-corrected chi connectivity index (χ0v) is 9.96. The van der Waals surface area contributed by atoms with Crippen molar-refractivity contribution in [3.8, 4) is 16.9 Å². The monoisotopic (exact) mass is 256 g/mol. The number of hydrogen-bond donors (Lipinski definition) is 3. The van der Waals surface area contributed by atoms with Gasteiger partial charge in [0.2, 0.25) is 11.8 Å². The first kappa shape index (κ1) is 12.6. The second-order valence-electron chi connectivity index (χ2n) is 3.97. The lowest BCUT2D eigenvalue weighted by molar-refractivity contribution is 0.0968. The van der Waals surface area contributed by atoms with E-state index in [1.807, 2.05) is 0 Å². The third-order valence-electron chi connectivity index (χ3n) is 2.77. The fourth-order valence-corrected chi connectivity index (χ4v) is 1.95. The summed E-state index contributed by atoms with van der Waals surface area (Å²) in [6, 6.07) is 11.1. The summed E-state index contributed by atoms with van der Waals surface area (Å²) in [6.07, 6.45) is 0. The van der Waals surface area contributed by atoms with Crippen LogP contribution in [0.2, 0.25) is 0 Å². The van der Waals surface area contributed by atoms with E-state index in [1.165, 1.54) is 12.1 Å². The molecule has 0 aromatic heterocycles. The number of primary amides is 2. The molecule has 19 heavy (non-hydrogen) atoms. The van der Waals surface area contributed by atoms with Crippen molar-refractivity contribution in [1.82, 2.24) is 0 Å². The summed E-state index contributed by atoms with van der Waals surface area (Å²) >= 11 is 0. The smallest absolute Gasteiger partial charge is 0.250 e. The Balaban J connectivity index is 2.78. The van der Waals surface area contributed by atoms with Crippen molar-refractivity contribution in [3.63, 3.8) is 0 Å². The van der Waals surface area contributed by atoms with E-state index in [0.29, 0.717) is 11.1 Å². The first-order valence-corrected chi connectivity index (χ1v) is 5.53. The maximum absolute atomic E-state index is 11.6. The number of aromatic hydroxyl groups is 1. The highest BCUT2D eigenvalue weighted by molar-refractivity contribution is 6.10. The molecular formula is C14H12N2O3. The average molecular weight is 256 g/mol. The SMILES string of the molecule is NC(=O)c1cccc(-c2ccccc2O)c1C(N)=O. The fraction of sp³-hybridized carbons (Fsp3) is 0. The van der Waals surface area contributed by atoms with E-state index < -0.39 is 11.8 Å². The lowest BCUT2D eigenvalue weighted by Crippen LogP contribution is -2.21. The number of phenolic OH excluding ortho intramolecular Hbond substituents is 1. The summed E-state index contributed by atoms with van der Waals surface area (Å²) < 4.78 is 0. The van der Waals surface area contributed by atoms with E-state index in [4.69, 9.17) is 11.5 Å². The van der Waals surface area contributed by atoms with Crippen molar-refractivity contribution >= 4 is 11.8 Å². The molecule has 96 valence electrons. The summed E-state index contributed by atoms with van der Waals surface area (Å²) in [6.45, 7) is 0. The summed E-state index contributed by atoms with van der Waals surface area (Å²) in [5.74, 6) is -1.52. The fourth-order valence-electron chi connectivity index (χ4n) is 1.95. The van der Waals surface area contributed by atoms with E-state index in [2.05, 4.69) is 0 Å². The van der Waals surface area contributed by atoms with Gasteiger partial charge in [0.25, 0.3) is 0 Å². The highest BCUT2D eigenvalue weighted by Gasteiger charge is 2.19. The Morgan fingerprint density at radius 3 is 2.05 bits per heavy atom. The second-order valence-corrected chi connectivity index (χ2v) is 3.97. The molecule has 5 N–H and O–H groups in total. The number of rotatable bonds is 3. The van der Waals surface area contributed by atoms with Gasteiger partial charge in [0.1, 0.15) is 5.75 Å². The maximum Gasteiger partial charge on any atom is 0.250 e. The Kier molecular flexibility index (Phi) is 3.20. The van der Waals surface area contributed by atoms with Crippen molar-refractivity contribution in [1.29, 1.82) is 0 Å². The third kappa shape index (κ3) is 2.26. The quantitative estimate of drug-likeness (QED) is 0.769. The summed E-state index contributed by atoms with van der Waals surface area (Å²) in [7, 11) is 0. The molecule has 0 aliphatic heterocycles. The molecular weight excluding hydrogens is 244 g/mol. The molecule has 2 amide bonds. The molecule has 0 saturated heterocycles. The zero-order valence-electron chi connectivity index (χ0n) is 9.96. The molecule has 0 aliphatic carbocycles. The highest BCUT2D eigenvalue weighted by Crippen LogP contribution is 2.32. The van der Waals surface area contributed by atoms with E-state index >= 15 is 0 Å². The van der Waals surface area contributed by atoms with E-state index in [-0.39, 0.29) is 16.9 Å². The van der Waals surface area contributed by atoms with Crippen LogP contribution in [0.5, 0.6) is 5.75 Å². The molecule has 2 aromatic rings. The molecule has 0 spiro atoms. The van der Waals surface area contributed by atoms with Crippen molar-refractivity contribution in [2.45, 2.75) is 0 Å². The van der Waals surface area contributed by atoms with Crippen LogP contribution in [0.15, 0.2) is 42.5 Å². The maximum atomic E-state index is 11.6. The number of carbonyl (C=O) groups excluding carboxylic acids is 2. The van der Waals surface area contributed by atoms with Crippen LogP contribution in [0.1, 0.15) is 20.7 Å². The van der Waals surface area contributed by atoms with Gasteiger partial charge in [0, 0.05) is 5.56 Å². The lowest BCUT2D eigenvalue weighted by Gasteiger charge is -2.11. The minimum absolute atomic E-state index is 0.00776. The van der Waals surface area contributed by atoms with Gasteiger partial charge in [-0.25, -0.2) is 0 Å². The van der Waals surface area contributed by atoms with Crippen LogP contribution in [0.4, 0.5) is 0 Å². The van der Waals surface area contributed by atoms with Gasteiger partial charge in [-0.15, -0.1) is 0 Å². The Bertz CT molecular complexity index is 665. The lowest BCUT2D eigenvalue weighted by atomic mass is 9.94. The van der Waals surface area contributed by atoms with Crippen molar-refractivity contribution < 1.29 is 14.7 Å². The molecule has 5 nitrogen and oxygen atoms in total. The number of hydrogen-bond acceptors (Lipinski definition) is 3. The number of amides is 2. The summed E-state index contributed by atoms with van der Waals surface area (Å²) in [5.41, 5.74) is 11.4.